The Hall–Kier alpha value is -1.15. The van der Waals surface area contributed by atoms with Gasteiger partial charge in [-0.05, 0) is 41.0 Å². The average Bonchev–Trinajstić information content (AvgIpc) is 2.20. The Balaban J connectivity index is 4.60. The summed E-state index contributed by atoms with van der Waals surface area (Å²) >= 11 is 0. The van der Waals surface area contributed by atoms with Crippen molar-refractivity contribution in [2.24, 2.45) is 0 Å². The second-order valence-corrected chi connectivity index (χ2v) is 8.00. The van der Waals surface area contributed by atoms with E-state index in [1.807, 2.05) is 0 Å². The number of esters is 1. The fourth-order valence-electron chi connectivity index (χ4n) is 1.22. The number of sulfonamides is 1. The summed E-state index contributed by atoms with van der Waals surface area (Å²) in [4.78, 5) is 22.5. The third kappa shape index (κ3) is 7.44. The quantitative estimate of drug-likeness (QED) is 0.676. The van der Waals surface area contributed by atoms with Crippen LogP contribution in [0.5, 0.6) is 0 Å². The van der Waals surface area contributed by atoms with Crippen LogP contribution >= 0.6 is 0 Å². The lowest BCUT2D eigenvalue weighted by atomic mass is 10.1. The maximum Gasteiger partial charge on any atom is 0.321 e. The van der Waals surface area contributed by atoms with Crippen molar-refractivity contribution >= 4 is 22.0 Å². The van der Waals surface area contributed by atoms with Crippen molar-refractivity contribution in [2.75, 3.05) is 0 Å². The molecule has 0 bridgehead atoms. The van der Waals surface area contributed by atoms with Gasteiger partial charge >= 0.3 is 11.9 Å². The van der Waals surface area contributed by atoms with Gasteiger partial charge in [0.2, 0.25) is 10.0 Å². The molecule has 0 fully saturated rings. The molecule has 0 amide bonds. The maximum atomic E-state index is 11.6. The number of rotatable bonds is 7. The van der Waals surface area contributed by atoms with Crippen LogP contribution in [0, 0.1) is 0 Å². The van der Waals surface area contributed by atoms with Gasteiger partial charge in [-0.15, -0.1) is 0 Å². The average molecular weight is 309 g/mol. The summed E-state index contributed by atoms with van der Waals surface area (Å²) < 4.78 is 30.4. The van der Waals surface area contributed by atoms with Crippen LogP contribution in [0.25, 0.3) is 0 Å². The van der Waals surface area contributed by atoms with Crippen molar-refractivity contribution in [3.8, 4) is 0 Å². The lowest BCUT2D eigenvalue weighted by Gasteiger charge is -2.20. The second kappa shape index (κ2) is 7.03. The highest BCUT2D eigenvalue weighted by atomic mass is 32.2. The predicted molar refractivity (Wildman–Crippen MR) is 73.7 cm³/mol. The smallest absolute Gasteiger partial charge is 0.321 e. The van der Waals surface area contributed by atoms with Crippen LogP contribution in [-0.2, 0) is 24.3 Å². The topological polar surface area (TPSA) is 110 Å². The SMILES string of the molecule is CC(C)S(=O)(=O)N[C@H](CCC(=O)OC(C)(C)C)C(=O)O. The molecule has 0 radical (unpaired) electrons. The highest BCUT2D eigenvalue weighted by Gasteiger charge is 2.27. The molecule has 0 aromatic carbocycles. The summed E-state index contributed by atoms with van der Waals surface area (Å²) in [5.41, 5.74) is -0.659. The number of nitrogens with one attached hydrogen (secondary N) is 1. The number of hydrogen-bond donors (Lipinski definition) is 2. The molecule has 0 rings (SSSR count). The highest BCUT2D eigenvalue weighted by Crippen LogP contribution is 2.11. The van der Waals surface area contributed by atoms with Crippen LogP contribution in [0.2, 0.25) is 0 Å². The fourth-order valence-corrected chi connectivity index (χ4v) is 2.11. The zero-order valence-corrected chi connectivity index (χ0v) is 13.3. The summed E-state index contributed by atoms with van der Waals surface area (Å²) in [6.07, 6.45) is -0.328. The minimum absolute atomic E-state index is 0.157. The van der Waals surface area contributed by atoms with Gasteiger partial charge in [-0.25, -0.2) is 13.1 Å². The Morgan fingerprint density at radius 3 is 2.10 bits per heavy atom. The molecule has 0 aliphatic rings. The van der Waals surface area contributed by atoms with E-state index < -0.39 is 38.9 Å². The largest absolute Gasteiger partial charge is 0.480 e. The van der Waals surface area contributed by atoms with Crippen molar-refractivity contribution in [2.45, 2.75) is 64.4 Å². The summed E-state index contributed by atoms with van der Waals surface area (Å²) in [7, 11) is -3.71. The van der Waals surface area contributed by atoms with Crippen molar-refractivity contribution in [1.29, 1.82) is 0 Å². The number of carboxylic acids is 1. The standard InChI is InChI=1S/C12H23NO6S/c1-8(2)20(17,18)13-9(11(15)16)6-7-10(14)19-12(3,4)5/h8-9,13H,6-7H2,1-5H3,(H,15,16)/t9-/m1/s1. The van der Waals surface area contributed by atoms with E-state index in [1.165, 1.54) is 13.8 Å². The first-order valence-electron chi connectivity index (χ1n) is 6.31. The monoisotopic (exact) mass is 309 g/mol. The number of carboxylic acid groups (broad SMARTS) is 1. The van der Waals surface area contributed by atoms with Gasteiger partial charge < -0.3 is 9.84 Å². The molecule has 0 saturated carbocycles. The molecule has 0 aliphatic carbocycles. The first-order valence-corrected chi connectivity index (χ1v) is 7.85. The van der Waals surface area contributed by atoms with Crippen LogP contribution in [-0.4, -0.2) is 42.4 Å². The molecule has 2 N–H and O–H groups in total. The molecule has 0 heterocycles. The van der Waals surface area contributed by atoms with Crippen LogP contribution in [0.1, 0.15) is 47.5 Å². The Kier molecular flexibility index (Phi) is 6.63. The van der Waals surface area contributed by atoms with E-state index in [9.17, 15) is 18.0 Å². The molecule has 0 aliphatic heterocycles. The number of ether oxygens (including phenoxy) is 1. The fraction of sp³-hybridized carbons (Fsp3) is 0.833. The molecule has 118 valence electrons. The van der Waals surface area contributed by atoms with Gasteiger partial charge in [0.15, 0.2) is 0 Å². The molecule has 7 nitrogen and oxygen atoms in total. The van der Waals surface area contributed by atoms with Crippen molar-refractivity contribution < 1.29 is 27.9 Å². The number of aliphatic carboxylic acids is 1. The van der Waals surface area contributed by atoms with E-state index in [0.29, 0.717) is 0 Å². The van der Waals surface area contributed by atoms with E-state index in [1.54, 1.807) is 20.8 Å². The number of carbonyl (C=O) groups excluding carboxylic acids is 1. The molecule has 8 heteroatoms. The molecule has 1 atom stereocenters. The molecular weight excluding hydrogens is 286 g/mol. The van der Waals surface area contributed by atoms with Gasteiger partial charge in [-0.1, -0.05) is 0 Å². The number of hydrogen-bond acceptors (Lipinski definition) is 5. The molecular formula is C12H23NO6S. The van der Waals surface area contributed by atoms with Gasteiger partial charge in [0.1, 0.15) is 11.6 Å². The Morgan fingerprint density at radius 1 is 1.25 bits per heavy atom. The molecule has 0 spiro atoms. The summed E-state index contributed by atoms with van der Waals surface area (Å²) in [5.74, 6) is -1.88. The third-order valence-electron chi connectivity index (χ3n) is 2.28. The van der Waals surface area contributed by atoms with Crippen LogP contribution in [0.3, 0.4) is 0 Å². The molecule has 0 saturated heterocycles. The first-order chi connectivity index (χ1) is 8.85. The minimum atomic E-state index is -3.71. The zero-order valence-electron chi connectivity index (χ0n) is 12.5. The summed E-state index contributed by atoms with van der Waals surface area (Å²) in [6.45, 7) is 7.97. The van der Waals surface area contributed by atoms with E-state index in [-0.39, 0.29) is 12.8 Å². The first kappa shape index (κ1) is 18.9. The third-order valence-corrected chi connectivity index (χ3v) is 4.14. The normalized spacial score (nSPS) is 14.1. The van der Waals surface area contributed by atoms with Gasteiger partial charge in [-0.2, -0.15) is 0 Å². The van der Waals surface area contributed by atoms with E-state index >= 15 is 0 Å². The molecule has 0 aromatic rings. The van der Waals surface area contributed by atoms with Crippen molar-refractivity contribution in [1.82, 2.24) is 4.72 Å². The van der Waals surface area contributed by atoms with E-state index in [2.05, 4.69) is 4.72 Å². The predicted octanol–water partition coefficient (Wildman–Crippen LogP) is 0.889. The maximum absolute atomic E-state index is 11.6. The van der Waals surface area contributed by atoms with Gasteiger partial charge in [0, 0.05) is 6.42 Å². The van der Waals surface area contributed by atoms with Crippen LogP contribution in [0.4, 0.5) is 0 Å². The van der Waals surface area contributed by atoms with Crippen LogP contribution in [0.15, 0.2) is 0 Å². The molecule has 0 aromatic heterocycles. The zero-order chi connectivity index (χ0) is 16.1. The van der Waals surface area contributed by atoms with Crippen LogP contribution < -0.4 is 4.72 Å². The number of carbonyl (C=O) groups is 2. The van der Waals surface area contributed by atoms with E-state index in [0.717, 1.165) is 0 Å². The van der Waals surface area contributed by atoms with Crippen molar-refractivity contribution in [3.05, 3.63) is 0 Å². The lowest BCUT2D eigenvalue weighted by molar-refractivity contribution is -0.155. The van der Waals surface area contributed by atoms with Gasteiger partial charge in [0.05, 0.1) is 5.25 Å². The second-order valence-electron chi connectivity index (χ2n) is 5.73. The van der Waals surface area contributed by atoms with Gasteiger partial charge in [-0.3, -0.25) is 9.59 Å². The summed E-state index contributed by atoms with van der Waals surface area (Å²) in [6, 6.07) is -1.34. The Labute approximate surface area is 119 Å². The van der Waals surface area contributed by atoms with Crippen molar-refractivity contribution in [3.63, 3.8) is 0 Å². The van der Waals surface area contributed by atoms with E-state index in [4.69, 9.17) is 9.84 Å². The summed E-state index contributed by atoms with van der Waals surface area (Å²) in [5, 5.41) is 8.24. The Bertz CT molecular complexity index is 449. The lowest BCUT2D eigenvalue weighted by Crippen LogP contribution is -2.44. The highest BCUT2D eigenvalue weighted by molar-refractivity contribution is 7.90. The molecule has 20 heavy (non-hydrogen) atoms. The van der Waals surface area contributed by atoms with Gasteiger partial charge in [0.25, 0.3) is 0 Å². The molecule has 0 unspecified atom stereocenters. The Morgan fingerprint density at radius 2 is 1.75 bits per heavy atom. The minimum Gasteiger partial charge on any atom is -0.480 e.